The zero-order valence-corrected chi connectivity index (χ0v) is 16.0. The van der Waals surface area contributed by atoms with Gasteiger partial charge in [-0.25, -0.2) is 4.68 Å². The smallest absolute Gasteiger partial charge is 0.269 e. The minimum absolute atomic E-state index is 0.0358. The molecule has 28 heavy (non-hydrogen) atoms. The number of hydrogen-bond acceptors (Lipinski definition) is 6. The van der Waals surface area contributed by atoms with Crippen molar-refractivity contribution in [3.05, 3.63) is 74.4 Å². The molecule has 3 rings (SSSR count). The topological polar surface area (TPSA) is 102 Å². The maximum atomic E-state index is 11.1. The molecule has 0 saturated heterocycles. The lowest BCUT2D eigenvalue weighted by Crippen LogP contribution is -2.11. The van der Waals surface area contributed by atoms with Crippen molar-refractivity contribution in [1.29, 1.82) is 0 Å². The van der Waals surface area contributed by atoms with Gasteiger partial charge in [0.2, 0.25) is 10.7 Å². The van der Waals surface area contributed by atoms with Crippen LogP contribution in [0.1, 0.15) is 12.5 Å². The fourth-order valence-corrected chi connectivity index (χ4v) is 3.30. The molecule has 0 radical (unpaired) electrons. The quantitative estimate of drug-likeness (QED) is 0.406. The average molecular weight is 395 g/mol. The maximum Gasteiger partial charge on any atom is 0.269 e. The Morgan fingerprint density at radius 3 is 2.43 bits per heavy atom. The van der Waals surface area contributed by atoms with E-state index in [4.69, 9.17) is 0 Å². The summed E-state index contributed by atoms with van der Waals surface area (Å²) in [4.78, 5) is 26.4. The van der Waals surface area contributed by atoms with E-state index in [0.717, 1.165) is 16.8 Å². The molecule has 1 amide bonds. The highest BCUT2D eigenvalue weighted by atomic mass is 32.1. The molecule has 2 aromatic carbocycles. The normalized spacial score (nSPS) is 11.7. The summed E-state index contributed by atoms with van der Waals surface area (Å²) in [7, 11) is 1.68. The molecule has 1 N–H and O–H groups in total. The van der Waals surface area contributed by atoms with Crippen LogP contribution in [0.3, 0.4) is 0 Å². The van der Waals surface area contributed by atoms with Crippen LogP contribution >= 0.6 is 11.3 Å². The van der Waals surface area contributed by atoms with Crippen molar-refractivity contribution >= 4 is 34.8 Å². The maximum absolute atomic E-state index is 11.1. The van der Waals surface area contributed by atoms with Gasteiger partial charge in [0, 0.05) is 42.7 Å². The second kappa shape index (κ2) is 8.40. The number of nitrogens with one attached hydrogen (secondary N) is 1. The Bertz CT molecular complexity index is 1100. The molecule has 0 spiro atoms. The number of aromatic nitrogens is 1. The minimum atomic E-state index is -0.430. The first-order chi connectivity index (χ1) is 13.5. The van der Waals surface area contributed by atoms with Crippen LogP contribution in [0.15, 0.2) is 64.0 Å². The molecule has 0 atom stereocenters. The van der Waals surface area contributed by atoms with Crippen molar-refractivity contribution in [3.63, 3.8) is 0 Å². The molecule has 9 heteroatoms. The summed E-state index contributed by atoms with van der Waals surface area (Å²) in [5, 5.41) is 20.0. The Morgan fingerprint density at radius 1 is 1.18 bits per heavy atom. The molecule has 8 nitrogen and oxygen atoms in total. The monoisotopic (exact) mass is 395 g/mol. The summed E-state index contributed by atoms with van der Waals surface area (Å²) in [6, 6.07) is 13.6. The van der Waals surface area contributed by atoms with Gasteiger partial charge in [-0.3, -0.25) is 19.9 Å². The van der Waals surface area contributed by atoms with Crippen molar-refractivity contribution in [2.75, 3.05) is 12.4 Å². The Labute approximate surface area is 164 Å². The van der Waals surface area contributed by atoms with E-state index in [1.807, 2.05) is 17.5 Å². The van der Waals surface area contributed by atoms with E-state index in [2.05, 4.69) is 15.4 Å². The van der Waals surface area contributed by atoms with Gasteiger partial charge in [0.1, 0.15) is 0 Å². The number of nitro benzene ring substituents is 1. The average Bonchev–Trinajstić information content (AvgIpc) is 3.10. The molecule has 0 aliphatic heterocycles. The molecule has 0 saturated carbocycles. The predicted octanol–water partition coefficient (Wildman–Crippen LogP) is 3.50. The molecule has 0 bridgehead atoms. The van der Waals surface area contributed by atoms with Crippen molar-refractivity contribution in [2.24, 2.45) is 10.1 Å². The number of non-ortho nitro benzene ring substituents is 1. The molecular weight excluding hydrogens is 378 g/mol. The van der Waals surface area contributed by atoms with Gasteiger partial charge in [0.25, 0.3) is 5.69 Å². The largest absolute Gasteiger partial charge is 0.326 e. The number of benzene rings is 2. The summed E-state index contributed by atoms with van der Waals surface area (Å²) in [5.74, 6) is -0.128. The number of thiazole rings is 1. The van der Waals surface area contributed by atoms with E-state index in [-0.39, 0.29) is 11.6 Å². The molecule has 1 heterocycles. The van der Waals surface area contributed by atoms with E-state index in [9.17, 15) is 14.9 Å². The number of carbonyl (C=O) groups excluding carboxylic acids is 1. The van der Waals surface area contributed by atoms with Gasteiger partial charge in [-0.15, -0.1) is 11.3 Å². The summed E-state index contributed by atoms with van der Waals surface area (Å²) >= 11 is 1.43. The standard InChI is InChI=1S/C19H17N5O3S/c1-13(25)22-16-7-3-14(4-8-16)11-21-23-18(12-28-19(23)20-2)15-5-9-17(10-6-15)24(26)27/h3-12H,1-2H3,(H,22,25)/b20-19?,21-11+. The Kier molecular flexibility index (Phi) is 5.75. The lowest BCUT2D eigenvalue weighted by molar-refractivity contribution is -0.384. The molecule has 3 aromatic rings. The number of anilines is 1. The molecule has 0 aliphatic rings. The zero-order chi connectivity index (χ0) is 20.1. The molecule has 0 aliphatic carbocycles. The van der Waals surface area contributed by atoms with Gasteiger partial charge in [-0.1, -0.05) is 12.1 Å². The third-order valence-corrected chi connectivity index (χ3v) is 4.71. The zero-order valence-electron chi connectivity index (χ0n) is 15.2. The van der Waals surface area contributed by atoms with Gasteiger partial charge in [-0.05, 0) is 29.8 Å². The van der Waals surface area contributed by atoms with Crippen LogP contribution < -0.4 is 10.1 Å². The summed E-state index contributed by atoms with van der Waals surface area (Å²) < 4.78 is 1.69. The second-order valence-electron chi connectivity index (χ2n) is 5.79. The molecule has 142 valence electrons. The number of nitro groups is 1. The van der Waals surface area contributed by atoms with Crippen LogP contribution in [0.5, 0.6) is 0 Å². The van der Waals surface area contributed by atoms with Crippen molar-refractivity contribution < 1.29 is 9.72 Å². The Morgan fingerprint density at radius 2 is 1.86 bits per heavy atom. The second-order valence-corrected chi connectivity index (χ2v) is 6.63. The van der Waals surface area contributed by atoms with Gasteiger partial charge < -0.3 is 5.32 Å². The van der Waals surface area contributed by atoms with E-state index in [0.29, 0.717) is 10.5 Å². The van der Waals surface area contributed by atoms with Gasteiger partial charge >= 0.3 is 0 Å². The van der Waals surface area contributed by atoms with E-state index in [1.165, 1.54) is 30.4 Å². The molecule has 0 unspecified atom stereocenters. The van der Waals surface area contributed by atoms with E-state index < -0.39 is 4.92 Å². The number of carbonyl (C=O) groups is 1. The number of nitrogens with zero attached hydrogens (tertiary/aromatic N) is 4. The predicted molar refractivity (Wildman–Crippen MR) is 110 cm³/mol. The first-order valence-electron chi connectivity index (χ1n) is 8.28. The molecular formula is C19H17N5O3S. The highest BCUT2D eigenvalue weighted by Gasteiger charge is 2.10. The SMILES string of the molecule is CN=c1scc(-c2ccc([N+](=O)[O-])cc2)n1/N=C/c1ccc(NC(C)=O)cc1. The van der Waals surface area contributed by atoms with Crippen LogP contribution in [0.2, 0.25) is 0 Å². The highest BCUT2D eigenvalue weighted by Crippen LogP contribution is 2.23. The van der Waals surface area contributed by atoms with Gasteiger partial charge in [0.15, 0.2) is 0 Å². The summed E-state index contributed by atoms with van der Waals surface area (Å²) in [6.45, 7) is 1.46. The van der Waals surface area contributed by atoms with E-state index in [1.54, 1.807) is 42.2 Å². The first kappa shape index (κ1) is 19.2. The van der Waals surface area contributed by atoms with Crippen LogP contribution in [0.25, 0.3) is 11.3 Å². The van der Waals surface area contributed by atoms with Crippen molar-refractivity contribution in [2.45, 2.75) is 6.92 Å². The third kappa shape index (κ3) is 4.38. The fraction of sp³-hybridized carbons (Fsp3) is 0.105. The van der Waals surface area contributed by atoms with Crippen LogP contribution in [0.4, 0.5) is 11.4 Å². The number of amides is 1. The van der Waals surface area contributed by atoms with Crippen LogP contribution in [-0.4, -0.2) is 28.8 Å². The molecule has 1 aromatic heterocycles. The lowest BCUT2D eigenvalue weighted by atomic mass is 10.1. The van der Waals surface area contributed by atoms with Crippen LogP contribution in [-0.2, 0) is 4.79 Å². The Balaban J connectivity index is 1.91. The fourth-order valence-electron chi connectivity index (χ4n) is 2.49. The van der Waals surface area contributed by atoms with Gasteiger partial charge in [-0.2, -0.15) is 5.10 Å². The number of hydrogen-bond donors (Lipinski definition) is 1. The van der Waals surface area contributed by atoms with Gasteiger partial charge in [0.05, 0.1) is 16.8 Å². The van der Waals surface area contributed by atoms with E-state index >= 15 is 0 Å². The first-order valence-corrected chi connectivity index (χ1v) is 9.16. The summed E-state index contributed by atoms with van der Waals surface area (Å²) in [5.41, 5.74) is 3.18. The Hall–Kier alpha value is -3.59. The summed E-state index contributed by atoms with van der Waals surface area (Å²) in [6.07, 6.45) is 1.69. The van der Waals surface area contributed by atoms with Crippen molar-refractivity contribution in [3.8, 4) is 11.3 Å². The minimum Gasteiger partial charge on any atom is -0.326 e. The third-order valence-electron chi connectivity index (χ3n) is 3.80. The number of rotatable bonds is 5. The molecule has 0 fully saturated rings. The van der Waals surface area contributed by atoms with Crippen LogP contribution in [0, 0.1) is 10.1 Å². The van der Waals surface area contributed by atoms with Crippen molar-refractivity contribution in [1.82, 2.24) is 4.68 Å². The highest BCUT2D eigenvalue weighted by molar-refractivity contribution is 7.07. The lowest BCUT2D eigenvalue weighted by Gasteiger charge is -2.04.